The number of alkyl halides is 2. The highest BCUT2D eigenvalue weighted by atomic mass is 31.0. The van der Waals surface area contributed by atoms with Gasteiger partial charge in [-0.2, -0.15) is 8.78 Å². The molecular weight excluding hydrogens is 257 g/mol. The fraction of sp³-hybridized carbons (Fsp3) is 0.583. The van der Waals surface area contributed by atoms with Gasteiger partial charge in [-0.25, -0.2) is 0 Å². The molecule has 1 fully saturated rings. The number of aromatic nitrogens is 1. The molecule has 0 aromatic carbocycles. The fourth-order valence-electron chi connectivity index (χ4n) is 1.41. The highest BCUT2D eigenvalue weighted by Gasteiger charge is 2.32. The average molecular weight is 276 g/mol. The molecule has 0 radical (unpaired) electrons. The number of nitrogens with zero attached hydrogens (tertiary/aromatic N) is 1. The molecule has 18 heavy (non-hydrogen) atoms. The molecule has 1 aromatic rings. The van der Waals surface area contributed by atoms with E-state index in [0.717, 1.165) is 5.56 Å². The summed E-state index contributed by atoms with van der Waals surface area (Å²) in [5, 5.41) is 3.02. The zero-order valence-electron chi connectivity index (χ0n) is 10.8. The van der Waals surface area contributed by atoms with Crippen molar-refractivity contribution in [3.8, 4) is 5.75 Å². The summed E-state index contributed by atoms with van der Waals surface area (Å²) in [5.41, 5.74) is -2.57. The summed E-state index contributed by atoms with van der Waals surface area (Å²) in [4.78, 5) is 3.74. The van der Waals surface area contributed by atoms with Gasteiger partial charge >= 0.3 is 5.66 Å². The van der Waals surface area contributed by atoms with Crippen molar-refractivity contribution in [2.45, 2.75) is 32.5 Å². The van der Waals surface area contributed by atoms with Gasteiger partial charge in [0.2, 0.25) is 0 Å². The molecule has 3 nitrogen and oxygen atoms in total. The lowest BCUT2D eigenvalue weighted by atomic mass is 10.2. The van der Waals surface area contributed by atoms with E-state index >= 15 is 0 Å². The summed E-state index contributed by atoms with van der Waals surface area (Å²) in [5.74, 6) is 0.173. The summed E-state index contributed by atoms with van der Waals surface area (Å²) >= 11 is 0. The molecule has 0 saturated carbocycles. The molecule has 0 aliphatic carbocycles. The average Bonchev–Trinajstić information content (AvgIpc) is 2.25. The molecule has 1 saturated heterocycles. The van der Waals surface area contributed by atoms with Crippen molar-refractivity contribution in [2.75, 3.05) is 13.1 Å². The van der Waals surface area contributed by atoms with Crippen molar-refractivity contribution in [1.29, 1.82) is 0 Å². The van der Waals surface area contributed by atoms with Crippen molar-refractivity contribution >= 4 is 9.24 Å². The maximum Gasteiger partial charge on any atom is 0.303 e. The van der Waals surface area contributed by atoms with E-state index in [-0.39, 0.29) is 17.5 Å². The molecule has 0 amide bonds. The number of nitrogens with one attached hydrogen (secondary N) is 1. The van der Waals surface area contributed by atoms with Crippen LogP contribution in [0.25, 0.3) is 0 Å². The largest absolute Gasteiger partial charge is 0.486 e. The van der Waals surface area contributed by atoms with Gasteiger partial charge in [-0.1, -0.05) is 23.1 Å². The van der Waals surface area contributed by atoms with Crippen LogP contribution in [-0.4, -0.2) is 24.2 Å². The maximum absolute atomic E-state index is 13.2. The molecule has 6 heteroatoms. The Bertz CT molecular complexity index is 392. The van der Waals surface area contributed by atoms with Crippen LogP contribution in [0, 0.1) is 6.92 Å². The predicted molar refractivity (Wildman–Crippen MR) is 71.2 cm³/mol. The first kappa shape index (κ1) is 15.3. The Morgan fingerprint density at radius 1 is 1.44 bits per heavy atom. The third-order valence-electron chi connectivity index (χ3n) is 2.34. The van der Waals surface area contributed by atoms with Crippen LogP contribution in [0.15, 0.2) is 12.3 Å². The van der Waals surface area contributed by atoms with Crippen molar-refractivity contribution in [1.82, 2.24) is 10.3 Å². The molecule has 0 spiro atoms. The monoisotopic (exact) mass is 276 g/mol. The molecule has 1 aliphatic rings. The van der Waals surface area contributed by atoms with Crippen molar-refractivity contribution < 1.29 is 13.5 Å². The van der Waals surface area contributed by atoms with E-state index in [4.69, 9.17) is 4.74 Å². The Balaban J connectivity index is 0.000000771. The van der Waals surface area contributed by atoms with Crippen LogP contribution < -0.4 is 10.1 Å². The molecule has 1 aliphatic heterocycles. The standard InChI is InChI=1S/C10H13F2N2OP.C2H6/c1-6-2-8(15-7-4-13-5-7)9(14-3-6)10(11,12)16;1-2/h2-3,7,13H,4-5,16H2,1H3;1-2H3. The molecule has 2 heterocycles. The van der Waals surface area contributed by atoms with E-state index in [1.807, 2.05) is 13.8 Å². The van der Waals surface area contributed by atoms with Gasteiger partial charge in [-0.3, -0.25) is 4.98 Å². The summed E-state index contributed by atoms with van der Waals surface area (Å²) in [6, 6.07) is 1.60. The minimum Gasteiger partial charge on any atom is -0.486 e. The molecule has 1 atom stereocenters. The van der Waals surface area contributed by atoms with Crippen LogP contribution >= 0.6 is 9.24 Å². The van der Waals surface area contributed by atoms with E-state index in [2.05, 4.69) is 10.3 Å². The van der Waals surface area contributed by atoms with Gasteiger partial charge in [-0.05, 0) is 18.6 Å². The van der Waals surface area contributed by atoms with E-state index in [1.54, 1.807) is 13.0 Å². The maximum atomic E-state index is 13.2. The smallest absolute Gasteiger partial charge is 0.303 e. The number of hydrogen-bond acceptors (Lipinski definition) is 3. The van der Waals surface area contributed by atoms with Gasteiger partial charge in [0.05, 0.1) is 0 Å². The number of halogens is 2. The number of pyridine rings is 1. The van der Waals surface area contributed by atoms with Gasteiger partial charge in [0, 0.05) is 19.3 Å². The van der Waals surface area contributed by atoms with Gasteiger partial charge in [-0.15, -0.1) is 0 Å². The lowest BCUT2D eigenvalue weighted by Gasteiger charge is -2.29. The van der Waals surface area contributed by atoms with E-state index in [9.17, 15) is 8.78 Å². The molecule has 1 N–H and O–H groups in total. The molecule has 2 rings (SSSR count). The van der Waals surface area contributed by atoms with Crippen LogP contribution in [0.1, 0.15) is 25.1 Å². The Labute approximate surface area is 109 Å². The van der Waals surface area contributed by atoms with Gasteiger partial charge in [0.1, 0.15) is 11.9 Å². The first-order chi connectivity index (χ1) is 8.47. The zero-order chi connectivity index (χ0) is 13.8. The summed E-state index contributed by atoms with van der Waals surface area (Å²) in [6.45, 7) is 7.18. The zero-order valence-corrected chi connectivity index (χ0v) is 12.0. The van der Waals surface area contributed by atoms with Crippen LogP contribution in [0.2, 0.25) is 0 Å². The topological polar surface area (TPSA) is 34.1 Å². The number of aryl methyl sites for hydroxylation is 1. The first-order valence-corrected chi connectivity index (χ1v) is 6.56. The second-order valence-electron chi connectivity index (χ2n) is 3.88. The first-order valence-electron chi connectivity index (χ1n) is 5.98. The van der Waals surface area contributed by atoms with Crippen LogP contribution in [0.3, 0.4) is 0 Å². The van der Waals surface area contributed by atoms with Crippen molar-refractivity contribution in [3.05, 3.63) is 23.5 Å². The normalized spacial score (nSPS) is 15.4. The highest BCUT2D eigenvalue weighted by molar-refractivity contribution is 7.17. The van der Waals surface area contributed by atoms with Crippen molar-refractivity contribution in [2.24, 2.45) is 0 Å². The SMILES string of the molecule is CC.Cc1cnc(C(F)(F)P)c(OC2CNC2)c1. The second kappa shape index (κ2) is 6.39. The minimum atomic E-state index is -3.06. The molecule has 1 unspecified atom stereocenters. The quantitative estimate of drug-likeness (QED) is 0.862. The fourth-order valence-corrected chi connectivity index (χ4v) is 1.62. The van der Waals surface area contributed by atoms with Gasteiger partial charge in [0.15, 0.2) is 5.69 Å². The second-order valence-corrected chi connectivity index (χ2v) is 4.61. The van der Waals surface area contributed by atoms with E-state index < -0.39 is 5.66 Å². The Kier molecular flexibility index (Phi) is 5.42. The summed E-state index contributed by atoms with van der Waals surface area (Å²) in [6.07, 6.45) is 1.38. The minimum absolute atomic E-state index is 0.0327. The van der Waals surface area contributed by atoms with Gasteiger partial charge < -0.3 is 10.1 Å². The lowest BCUT2D eigenvalue weighted by molar-refractivity contribution is 0.0835. The lowest BCUT2D eigenvalue weighted by Crippen LogP contribution is -2.50. The van der Waals surface area contributed by atoms with E-state index in [0.29, 0.717) is 13.1 Å². The number of ether oxygens (including phenoxy) is 1. The Hall–Kier alpha value is -0.800. The Morgan fingerprint density at radius 3 is 2.50 bits per heavy atom. The molecule has 1 aromatic heterocycles. The number of hydrogen-bond donors (Lipinski definition) is 1. The van der Waals surface area contributed by atoms with Crippen LogP contribution in [0.5, 0.6) is 5.75 Å². The van der Waals surface area contributed by atoms with E-state index in [1.165, 1.54) is 15.4 Å². The van der Waals surface area contributed by atoms with Crippen LogP contribution in [-0.2, 0) is 5.66 Å². The third-order valence-corrected chi connectivity index (χ3v) is 2.62. The van der Waals surface area contributed by atoms with Crippen molar-refractivity contribution in [3.63, 3.8) is 0 Å². The highest BCUT2D eigenvalue weighted by Crippen LogP contribution is 2.39. The van der Waals surface area contributed by atoms with Crippen LogP contribution in [0.4, 0.5) is 8.78 Å². The number of rotatable bonds is 3. The molecule has 0 bridgehead atoms. The summed E-state index contributed by atoms with van der Waals surface area (Å²) in [7, 11) is 1.48. The Morgan fingerprint density at radius 2 is 2.06 bits per heavy atom. The third kappa shape index (κ3) is 3.85. The van der Waals surface area contributed by atoms with Gasteiger partial charge in [0.25, 0.3) is 0 Å². The molecular formula is C12H19F2N2OP. The molecule has 102 valence electrons. The predicted octanol–water partition coefficient (Wildman–Crippen LogP) is 2.69. The summed E-state index contributed by atoms with van der Waals surface area (Å²) < 4.78 is 31.9.